The summed E-state index contributed by atoms with van der Waals surface area (Å²) in [6, 6.07) is -0.769. The summed E-state index contributed by atoms with van der Waals surface area (Å²) < 4.78 is 96.3. The lowest BCUT2D eigenvalue weighted by molar-refractivity contribution is -0.221. The number of carbonyl (C=O) groups excluding carboxylic acids is 6. The van der Waals surface area contributed by atoms with Crippen LogP contribution >= 0.6 is 93.8 Å². The number of rotatable bonds is 43. The Kier molecular flexibility index (Phi) is 51.6. The van der Waals surface area contributed by atoms with Gasteiger partial charge in [-0.25, -0.2) is 0 Å². The summed E-state index contributed by atoms with van der Waals surface area (Å²) in [5.74, 6) is -2.54. The zero-order valence-electron chi connectivity index (χ0n) is 88.2. The molecule has 820 valence electrons. The molecule has 11 fully saturated rings. The van der Waals surface area contributed by atoms with Crippen LogP contribution in [0, 0.1) is 41.4 Å². The summed E-state index contributed by atoms with van der Waals surface area (Å²) >= 11 is 21.3. The van der Waals surface area contributed by atoms with Gasteiger partial charge in [0.2, 0.25) is 5.91 Å². The average molecular weight is 2160 g/mol. The van der Waals surface area contributed by atoms with Crippen molar-refractivity contribution in [1.29, 1.82) is 0 Å². The zero-order chi connectivity index (χ0) is 105. The number of aliphatic hydroxyl groups is 8. The number of esters is 4. The van der Waals surface area contributed by atoms with Crippen LogP contribution in [0.25, 0.3) is 0 Å². The second-order valence-corrected chi connectivity index (χ2v) is 49.6. The van der Waals surface area contributed by atoms with Gasteiger partial charge >= 0.3 is 23.9 Å². The van der Waals surface area contributed by atoms with Crippen LogP contribution in [0.2, 0.25) is 0 Å². The number of hydrogen-bond donors (Lipinski definition) is 9. The van der Waals surface area contributed by atoms with Crippen molar-refractivity contribution in [3.05, 3.63) is 0 Å². The van der Waals surface area contributed by atoms with E-state index in [1.54, 1.807) is 25.7 Å². The van der Waals surface area contributed by atoms with Crippen LogP contribution < -0.4 is 5.32 Å². The van der Waals surface area contributed by atoms with Gasteiger partial charge in [-0.1, -0.05) is 121 Å². The van der Waals surface area contributed by atoms with Crippen molar-refractivity contribution in [3.8, 4) is 0 Å². The van der Waals surface area contributed by atoms with Gasteiger partial charge < -0.3 is 122 Å². The van der Waals surface area contributed by atoms with Crippen molar-refractivity contribution in [2.24, 2.45) is 41.4 Å². The van der Waals surface area contributed by atoms with Crippen LogP contribution in [0.4, 0.5) is 0 Å². The van der Waals surface area contributed by atoms with Crippen LogP contribution in [0.15, 0.2) is 0 Å². The number of carbonyl (C=O) groups is 6. The highest BCUT2D eigenvalue weighted by atomic mass is 35.5. The Hall–Kier alpha value is -1.18. The molecule has 38 atom stereocenters. The quantitative estimate of drug-likeness (QED) is 0.0118. The van der Waals surface area contributed by atoms with Gasteiger partial charge in [0.1, 0.15) is 130 Å². The molecular weight excluding hydrogens is 1990 g/mol. The number of amides is 1. The highest BCUT2D eigenvalue weighted by Crippen LogP contribution is 2.48. The predicted molar refractivity (Wildman–Crippen MR) is 551 cm³/mol. The molecular formula is C100H175Cl2N3O30S6. The highest BCUT2D eigenvalue weighted by molar-refractivity contribution is 8.00. The van der Waals surface area contributed by atoms with Crippen molar-refractivity contribution in [2.45, 2.75) is 485 Å². The summed E-state index contributed by atoms with van der Waals surface area (Å²) in [6.45, 7) is 37.0. The Morgan fingerprint density at radius 2 is 0.660 bits per heavy atom. The number of hydrogen-bond acceptors (Lipinski definition) is 38. The summed E-state index contributed by atoms with van der Waals surface area (Å²) in [5.41, 5.74) is -2.86. The fraction of sp³-hybridized carbons (Fsp3) is 0.940. The minimum atomic E-state index is -1.32. The molecule has 0 aromatic carbocycles. The molecule has 0 bridgehead atoms. The van der Waals surface area contributed by atoms with Crippen molar-refractivity contribution in [2.75, 3.05) is 64.7 Å². The molecule has 34 unspecified atom stereocenters. The molecule has 1 amide bonds. The maximum atomic E-state index is 13.2. The first-order valence-corrected chi connectivity index (χ1v) is 59.9. The van der Waals surface area contributed by atoms with E-state index in [4.69, 9.17) is 99.0 Å². The van der Waals surface area contributed by atoms with E-state index in [2.05, 4.69) is 56.7 Å². The van der Waals surface area contributed by atoms with Crippen LogP contribution in [0.3, 0.4) is 0 Å². The molecule has 33 nitrogen and oxygen atoms in total. The van der Waals surface area contributed by atoms with E-state index in [0.29, 0.717) is 50.4 Å². The normalized spacial score (nSPS) is 37.9. The number of ketones is 1. The predicted octanol–water partition coefficient (Wildman–Crippen LogP) is 12.2. The zero-order valence-corrected chi connectivity index (χ0v) is 94.6. The first kappa shape index (κ1) is 125. The molecule has 0 aromatic heterocycles. The molecule has 11 rings (SSSR count). The smallest absolute Gasteiger partial charge is 0.306 e. The van der Waals surface area contributed by atoms with E-state index in [1.165, 1.54) is 70.6 Å². The fourth-order valence-electron chi connectivity index (χ4n) is 21.2. The van der Waals surface area contributed by atoms with E-state index >= 15 is 0 Å². The van der Waals surface area contributed by atoms with Gasteiger partial charge in [-0.3, -0.25) is 38.6 Å². The van der Waals surface area contributed by atoms with Gasteiger partial charge in [-0.15, -0.1) is 93.8 Å². The van der Waals surface area contributed by atoms with Gasteiger partial charge in [0, 0.05) is 56.5 Å². The minimum Gasteiger partial charge on any atom is -0.456 e. The summed E-state index contributed by atoms with van der Waals surface area (Å²) in [4.78, 5) is 80.9. The third-order valence-electron chi connectivity index (χ3n) is 28.5. The van der Waals surface area contributed by atoms with Crippen LogP contribution in [0.5, 0.6) is 0 Å². The maximum Gasteiger partial charge on any atom is 0.306 e. The van der Waals surface area contributed by atoms with Crippen molar-refractivity contribution in [1.82, 2.24) is 15.1 Å². The number of alkyl halides is 2. The van der Waals surface area contributed by atoms with Crippen molar-refractivity contribution >= 4 is 129 Å². The molecule has 0 saturated carbocycles. The number of nitrogens with zero attached hydrogens (tertiary/aromatic N) is 2. The number of likely N-dealkylation sites (tertiary alicyclic amines) is 2. The average Bonchev–Trinajstić information content (AvgIpc) is 1.61. The Morgan fingerprint density at radius 1 is 0.362 bits per heavy atom. The third-order valence-corrected chi connectivity index (χ3v) is 34.1. The molecule has 0 aromatic rings. The van der Waals surface area contributed by atoms with Gasteiger partial charge in [-0.05, 0) is 194 Å². The molecule has 141 heavy (non-hydrogen) atoms. The van der Waals surface area contributed by atoms with E-state index in [0.717, 1.165) is 90.1 Å². The van der Waals surface area contributed by atoms with Crippen molar-refractivity contribution < 1.29 is 145 Å². The molecule has 11 aliphatic heterocycles. The lowest BCUT2D eigenvalue weighted by atomic mass is 9.83. The van der Waals surface area contributed by atoms with Crippen molar-refractivity contribution in [3.63, 3.8) is 0 Å². The lowest BCUT2D eigenvalue weighted by Gasteiger charge is -2.44. The molecule has 0 spiro atoms. The largest absolute Gasteiger partial charge is 0.456 e. The minimum absolute atomic E-state index is 0.00770. The molecule has 11 heterocycles. The number of nitrogens with one attached hydrogen (secondary N) is 1. The van der Waals surface area contributed by atoms with Gasteiger partial charge in [0.15, 0.2) is 41.8 Å². The Balaban J connectivity index is 0.000000235. The standard InChI is InChI=1S/C33H56O10S2.C27H48O10S2.C21H37ClN2O5S.C19H34ClNO5S/c1-18(2)22-24-26(42-32(5,6)40-24)28(30(38-22)44-9)36-20(34)16-14-12-11-13-15-17-21(35)37-29-27-25(41-33(7,8)43-27)23(19(3)4)39-31(29)45-10;1-14(2)22-18(30)20(32)24(26(36-22)38-5)34-16(28)12-10-8-7-9-11-13-17(29)35-25-21(33)19(31)23(15(3)4)37-27(25)39-6;1-7-8-12-9-13(24(5)10-12)19(26)23-14(11(2)22)16-18-17(28-21(3,4)29-18)15(25)20(27-16)30-6;1-5-6-11-7-13(21(3)9-11)14(22)8-12(10(2)20)18-16(24)15(23)17(25)19(26-18)27-4/h18-19,22-31H,11-17H2,1-10H3;14-15,18-27,30-33H,7-13H2,1-6H3;11-18,20,25H,7-10H2,1-6H3,(H,23,26);10-13,15-19,23-25H,5-9H2,1-4H3/t;;11?,12-,13+,14?,15?,16?,17?,18?,20?;10?,11-,12?,13+,15?,16?,17?,18?,19?/m..11/s1. The van der Waals surface area contributed by atoms with Gasteiger partial charge in [-0.2, -0.15) is 0 Å². The molecule has 0 aliphatic carbocycles. The van der Waals surface area contributed by atoms with Gasteiger partial charge in [0.05, 0.1) is 54.0 Å². The first-order chi connectivity index (χ1) is 66.4. The Morgan fingerprint density at radius 3 is 1.01 bits per heavy atom. The van der Waals surface area contributed by atoms with E-state index in [1.807, 2.05) is 109 Å². The van der Waals surface area contributed by atoms with Crippen LogP contribution in [-0.2, 0) is 105 Å². The maximum absolute atomic E-state index is 13.2. The van der Waals surface area contributed by atoms with Gasteiger partial charge in [0.25, 0.3) is 0 Å². The van der Waals surface area contributed by atoms with E-state index in [-0.39, 0.29) is 132 Å². The molecule has 11 saturated heterocycles. The number of thioether (sulfide) groups is 6. The Labute approximate surface area is 874 Å². The topological polar surface area (TPSA) is 430 Å². The number of likely N-dealkylation sites (N-methyl/N-ethyl adjacent to an activating group) is 2. The number of fused-ring (bicyclic) bond motifs is 3. The molecule has 0 radical (unpaired) electrons. The molecule has 41 heteroatoms. The number of unbranched alkanes of at least 4 members (excludes halogenated alkanes) is 8. The Bertz CT molecular complexity index is 3630. The lowest BCUT2D eigenvalue weighted by Crippen LogP contribution is -2.64. The second-order valence-electron chi connectivity index (χ2n) is 42.6. The summed E-state index contributed by atoms with van der Waals surface area (Å²) in [5, 5.41) is 85.6. The van der Waals surface area contributed by atoms with E-state index < -0.39 is 178 Å². The second kappa shape index (κ2) is 58.2. The van der Waals surface area contributed by atoms with Crippen LogP contribution in [-0.4, -0.2) is 376 Å². The highest BCUT2D eigenvalue weighted by Gasteiger charge is 2.62. The summed E-state index contributed by atoms with van der Waals surface area (Å²) in [6.07, 6.45) is 9.07. The molecule has 11 aliphatic rings. The number of halogens is 2. The number of Topliss-reactive ketones (excluding diaryl/α,β-unsaturated/α-hetero) is 1. The van der Waals surface area contributed by atoms with E-state index in [9.17, 15) is 69.6 Å². The van der Waals surface area contributed by atoms with Crippen LogP contribution in [0.1, 0.15) is 259 Å². The number of aliphatic hydroxyl groups excluding tert-OH is 8. The fourth-order valence-corrected chi connectivity index (χ4v) is 25.9. The SMILES string of the molecule is CCC[C@@H]1C[C@@H](C(=O)CC(C(C)Cl)C2OC(SC)C(O)C(O)C2O)N(C)C1.CCC[C@@H]1C[C@@H](C(=O)NC(C(C)Cl)C2OC(SC)C(O)C3OC(C)(C)OC32)N(C)C1.CSC1OC(C(C)C)C(O)C(O)C1OC(=O)CCCCCCCC(=O)OC1C(SC)OC(C(C)C)C(O)C1O.CSC1OC(C(C)C)C2OC(C)(C)OC2C1OC(=O)CCCCCCCC(=O)OC1C(SC)OC(C(C)C)C2OC(C)(C)OC12. The first-order valence-electron chi connectivity index (χ1n) is 51.3. The molecule has 9 N–H and O–H groups in total. The number of ether oxygens (including phenoxy) is 16. The monoisotopic (exact) mass is 2160 g/mol. The third kappa shape index (κ3) is 34.4. The summed E-state index contributed by atoms with van der Waals surface area (Å²) in [7, 11) is 3.98.